The summed E-state index contributed by atoms with van der Waals surface area (Å²) < 4.78 is 90.2. The zero-order valence-corrected chi connectivity index (χ0v) is 33.0. The number of thiophene rings is 1. The number of nitrogens with two attached hydrogens (primary N) is 1. The van der Waals surface area contributed by atoms with E-state index in [4.69, 9.17) is 15.3 Å². The molecule has 2 unspecified atom stereocenters. The van der Waals surface area contributed by atoms with E-state index < -0.39 is 40.6 Å². The van der Waals surface area contributed by atoms with Crippen molar-refractivity contribution < 1.29 is 40.7 Å². The molecule has 2 aromatic carbocycles. The number of nitrogens with zero attached hydrogens (tertiary/aromatic N) is 6. The molecule has 4 fully saturated rings. The van der Waals surface area contributed by atoms with Crippen molar-refractivity contribution in [1.82, 2.24) is 24.7 Å². The molecule has 8 rings (SSSR count). The number of anilines is 2. The highest BCUT2D eigenvalue weighted by Crippen LogP contribution is 2.47. The first kappa shape index (κ1) is 43.4. The van der Waals surface area contributed by atoms with Crippen LogP contribution in [0.15, 0.2) is 18.2 Å². The third-order valence-corrected chi connectivity index (χ3v) is 11.3. The summed E-state index contributed by atoms with van der Waals surface area (Å²) in [6.45, 7) is 9.21. The van der Waals surface area contributed by atoms with Gasteiger partial charge in [-0.15, -0.1) is 11.3 Å². The molecule has 6 heterocycles. The molecule has 4 saturated heterocycles. The van der Waals surface area contributed by atoms with Crippen LogP contribution in [-0.2, 0) is 15.8 Å². The lowest BCUT2D eigenvalue weighted by Gasteiger charge is -2.37. The number of nitrogen functional groups attached to an aromatic ring is 1. The van der Waals surface area contributed by atoms with Gasteiger partial charge in [0.1, 0.15) is 40.7 Å². The molecule has 18 heteroatoms. The van der Waals surface area contributed by atoms with Gasteiger partial charge in [0.2, 0.25) is 5.91 Å². The van der Waals surface area contributed by atoms with Gasteiger partial charge in [0.15, 0.2) is 5.82 Å². The summed E-state index contributed by atoms with van der Waals surface area (Å²) in [5, 5.41) is 11.8. The van der Waals surface area contributed by atoms with Crippen LogP contribution in [0.4, 0.5) is 37.2 Å². The van der Waals surface area contributed by atoms with E-state index in [0.29, 0.717) is 35.7 Å². The van der Waals surface area contributed by atoms with Gasteiger partial charge in [-0.05, 0) is 77.2 Å². The molecular weight excluding hydrogens is 775 g/mol. The van der Waals surface area contributed by atoms with Crippen LogP contribution in [0.1, 0.15) is 57.1 Å². The first-order chi connectivity index (χ1) is 27.2. The van der Waals surface area contributed by atoms with Crippen LogP contribution in [0.2, 0.25) is 0 Å². The minimum absolute atomic E-state index is 0.0444. The van der Waals surface area contributed by atoms with Gasteiger partial charge < -0.3 is 30.4 Å². The second-order valence-electron chi connectivity index (χ2n) is 14.2. The summed E-state index contributed by atoms with van der Waals surface area (Å²) in [5.74, 6) is -1.45. The minimum Gasteiger partial charge on any atom is -0.467 e. The summed E-state index contributed by atoms with van der Waals surface area (Å²) in [4.78, 5) is 34.9. The number of nitriles is 1. The summed E-state index contributed by atoms with van der Waals surface area (Å²) in [7, 11) is 3.30. The number of aldehydes is 1. The van der Waals surface area contributed by atoms with Gasteiger partial charge in [0, 0.05) is 61.6 Å². The largest absolute Gasteiger partial charge is 0.467 e. The van der Waals surface area contributed by atoms with Crippen LogP contribution in [0, 0.1) is 28.9 Å². The van der Waals surface area contributed by atoms with Gasteiger partial charge in [-0.3, -0.25) is 9.69 Å². The van der Waals surface area contributed by atoms with Crippen molar-refractivity contribution in [3.63, 3.8) is 0 Å². The van der Waals surface area contributed by atoms with Crippen LogP contribution >= 0.6 is 11.3 Å². The maximum Gasteiger partial charge on any atom is 0.417 e. The number of aromatic nitrogens is 2. The number of fused-ring (bicyclic) bond motifs is 3. The first-order valence-corrected chi connectivity index (χ1v) is 19.5. The third-order valence-electron chi connectivity index (χ3n) is 10.2. The number of alkyl halides is 4. The Labute approximate surface area is 330 Å². The topological polar surface area (TPSA) is 141 Å². The average molecular weight is 821 g/mol. The predicted molar refractivity (Wildman–Crippen MR) is 208 cm³/mol. The normalized spacial score (nSPS) is 19.4. The SMILES string of the molecule is CC=O.CCNc1nc(OC)nc2c(F)c(-c3ccc(F)c4sc(N)c(C#N)c34)c(C(F)(F)F)cc12.CN1CC(C(=O)N2CCCC2)C1.FC1CC2CCCN2C1. The van der Waals surface area contributed by atoms with Crippen molar-refractivity contribution in [2.75, 3.05) is 71.0 Å². The summed E-state index contributed by atoms with van der Waals surface area (Å²) in [6.07, 6.45) is 0.971. The van der Waals surface area contributed by atoms with Gasteiger partial charge >= 0.3 is 12.2 Å². The van der Waals surface area contributed by atoms with E-state index in [1.165, 1.54) is 39.7 Å². The van der Waals surface area contributed by atoms with Gasteiger partial charge in [-0.25, -0.2) is 13.2 Å². The number of ether oxygens (including phenoxy) is 1. The second kappa shape index (κ2) is 18.7. The number of hydrogen-bond acceptors (Lipinski definition) is 11. The minimum atomic E-state index is -5.00. The molecule has 0 bridgehead atoms. The monoisotopic (exact) mass is 820 g/mol. The molecule has 0 radical (unpaired) electrons. The number of likely N-dealkylation sites (tertiary alicyclic amines) is 2. The van der Waals surface area contributed by atoms with E-state index in [1.54, 1.807) is 13.0 Å². The molecule has 11 nitrogen and oxygen atoms in total. The molecule has 0 aliphatic carbocycles. The van der Waals surface area contributed by atoms with E-state index in [1.807, 2.05) is 4.90 Å². The number of halogens is 6. The summed E-state index contributed by atoms with van der Waals surface area (Å²) in [5.41, 5.74) is 2.59. The number of amides is 1. The molecule has 4 aliphatic heterocycles. The quantitative estimate of drug-likeness (QED) is 0.156. The Kier molecular flexibility index (Phi) is 14.2. The van der Waals surface area contributed by atoms with Gasteiger partial charge in [-0.2, -0.15) is 28.4 Å². The van der Waals surface area contributed by atoms with E-state index in [-0.39, 0.29) is 50.0 Å². The molecule has 4 aliphatic rings. The van der Waals surface area contributed by atoms with Crippen LogP contribution in [0.3, 0.4) is 0 Å². The van der Waals surface area contributed by atoms with Crippen molar-refractivity contribution in [2.45, 2.75) is 64.3 Å². The van der Waals surface area contributed by atoms with Crippen LogP contribution < -0.4 is 15.8 Å². The highest BCUT2D eigenvalue weighted by Gasteiger charge is 2.39. The number of carbonyl (C=O) groups excluding carboxylic acids is 2. The molecular formula is C39H46F6N8O3S. The molecule has 57 heavy (non-hydrogen) atoms. The Morgan fingerprint density at radius 2 is 1.82 bits per heavy atom. The molecule has 2 atom stereocenters. The van der Waals surface area contributed by atoms with Gasteiger partial charge in [0.05, 0.1) is 28.9 Å². The van der Waals surface area contributed by atoms with Crippen molar-refractivity contribution in [2.24, 2.45) is 5.92 Å². The lowest BCUT2D eigenvalue weighted by Crippen LogP contribution is -2.52. The Hall–Kier alpha value is -4.73. The third kappa shape index (κ3) is 9.53. The van der Waals surface area contributed by atoms with E-state index >= 15 is 4.39 Å². The van der Waals surface area contributed by atoms with Crippen molar-refractivity contribution in [1.29, 1.82) is 5.26 Å². The Morgan fingerprint density at radius 1 is 1.14 bits per heavy atom. The van der Waals surface area contributed by atoms with E-state index in [2.05, 4.69) is 32.1 Å². The number of benzene rings is 2. The van der Waals surface area contributed by atoms with Crippen molar-refractivity contribution >= 4 is 55.3 Å². The predicted octanol–water partition coefficient (Wildman–Crippen LogP) is 7.27. The molecule has 1 amide bonds. The summed E-state index contributed by atoms with van der Waals surface area (Å²) in [6, 6.07) is 4.75. The maximum absolute atomic E-state index is 15.9. The fraction of sp³-hybridized carbons (Fsp3) is 0.513. The van der Waals surface area contributed by atoms with Gasteiger partial charge in [-0.1, -0.05) is 6.07 Å². The molecule has 0 saturated carbocycles. The van der Waals surface area contributed by atoms with Crippen molar-refractivity contribution in [3.05, 3.63) is 41.0 Å². The van der Waals surface area contributed by atoms with Crippen LogP contribution in [-0.4, -0.2) is 109 Å². The molecule has 4 aromatic rings. The number of rotatable bonds is 5. The van der Waals surface area contributed by atoms with E-state index in [9.17, 15) is 32.0 Å². The zero-order valence-electron chi connectivity index (χ0n) is 32.2. The van der Waals surface area contributed by atoms with Crippen LogP contribution in [0.5, 0.6) is 6.01 Å². The molecule has 2 aromatic heterocycles. The molecule has 308 valence electrons. The number of hydrogen-bond donors (Lipinski definition) is 2. The number of nitrogens with one attached hydrogen (secondary N) is 1. The lowest BCUT2D eigenvalue weighted by atomic mass is 9.92. The van der Waals surface area contributed by atoms with Crippen molar-refractivity contribution in [3.8, 4) is 23.2 Å². The van der Waals surface area contributed by atoms with Gasteiger partial charge in [0.25, 0.3) is 0 Å². The zero-order chi connectivity index (χ0) is 41.6. The summed E-state index contributed by atoms with van der Waals surface area (Å²) >= 11 is 0.698. The second-order valence-corrected chi connectivity index (χ2v) is 15.2. The van der Waals surface area contributed by atoms with E-state index in [0.717, 1.165) is 63.6 Å². The standard InChI is InChI=1S/C21H14F5N5OS.C9H16N2O.C7H12FN.C2H4O/c1-3-29-19-9-6-11(21(24,25)26)14(15(23)16(9)30-20(31-19)32-2)8-4-5-12(22)17-13(8)10(7-27)18(28)33-17;1-10-6-8(7-10)9(12)11-4-2-3-5-11;8-6-4-7-2-1-3-9(7)5-6;1-2-3/h4-6H,3,28H2,1-2H3,(H,29,30,31);8H,2-7H2,1H3;6-7H,1-5H2;2H,1H3. The lowest BCUT2D eigenvalue weighted by molar-refractivity contribution is -0.139. The molecule has 0 spiro atoms. The molecule has 3 N–H and O–H groups in total. The fourth-order valence-electron chi connectivity index (χ4n) is 7.67. The Bertz CT molecular complexity index is 2100. The highest BCUT2D eigenvalue weighted by atomic mass is 32.1. The maximum atomic E-state index is 15.9. The Morgan fingerprint density at radius 3 is 2.40 bits per heavy atom. The average Bonchev–Trinajstić information content (AvgIpc) is 3.97. The Balaban J connectivity index is 0.000000207. The first-order valence-electron chi connectivity index (χ1n) is 18.7. The van der Waals surface area contributed by atoms with Crippen LogP contribution in [0.25, 0.3) is 32.1 Å². The number of methoxy groups -OCH3 is 1. The highest BCUT2D eigenvalue weighted by molar-refractivity contribution is 7.23. The fourth-order valence-corrected chi connectivity index (χ4v) is 8.62. The number of carbonyl (C=O) groups is 2. The smallest absolute Gasteiger partial charge is 0.417 e.